The predicted octanol–water partition coefficient (Wildman–Crippen LogP) is 3.34. The Labute approximate surface area is 147 Å². The van der Waals surface area contributed by atoms with Gasteiger partial charge in [0.25, 0.3) is 5.91 Å². The maximum atomic E-state index is 13.0. The van der Waals surface area contributed by atoms with Crippen LogP contribution in [0.1, 0.15) is 28.9 Å². The first-order valence-electron chi connectivity index (χ1n) is 8.09. The van der Waals surface area contributed by atoms with Crippen molar-refractivity contribution in [2.24, 2.45) is 0 Å². The molecule has 1 amide bonds. The average Bonchev–Trinajstić information content (AvgIpc) is 3.13. The molecule has 2 heterocycles. The highest BCUT2D eigenvalue weighted by atomic mass is 19.4. The van der Waals surface area contributed by atoms with Crippen LogP contribution in [0.2, 0.25) is 0 Å². The number of nitrogens with one attached hydrogen (secondary N) is 2. The predicted molar refractivity (Wildman–Crippen MR) is 88.9 cm³/mol. The number of alkyl halides is 3. The molecule has 1 aliphatic rings. The quantitative estimate of drug-likeness (QED) is 0.849. The van der Waals surface area contributed by atoms with Crippen molar-refractivity contribution in [2.45, 2.75) is 25.1 Å². The van der Waals surface area contributed by atoms with Gasteiger partial charge >= 0.3 is 6.18 Å². The lowest BCUT2D eigenvalue weighted by molar-refractivity contribution is -0.136. The Morgan fingerprint density at radius 1 is 1.27 bits per heavy atom. The van der Waals surface area contributed by atoms with Gasteiger partial charge in [-0.15, -0.1) is 0 Å². The van der Waals surface area contributed by atoms with Crippen molar-refractivity contribution in [3.63, 3.8) is 0 Å². The number of anilines is 2. The lowest BCUT2D eigenvalue weighted by atomic mass is 10.1. The number of halogens is 3. The molecule has 0 bridgehead atoms. The largest absolute Gasteiger partial charge is 0.418 e. The van der Waals surface area contributed by atoms with E-state index in [1.54, 1.807) is 0 Å². The maximum Gasteiger partial charge on any atom is 0.418 e. The van der Waals surface area contributed by atoms with E-state index < -0.39 is 17.6 Å². The number of hydrogen-bond donors (Lipinski definition) is 2. The Balaban J connectivity index is 1.69. The zero-order valence-electron chi connectivity index (χ0n) is 13.7. The van der Waals surface area contributed by atoms with Crippen LogP contribution in [0.3, 0.4) is 0 Å². The van der Waals surface area contributed by atoms with E-state index in [9.17, 15) is 18.0 Å². The summed E-state index contributed by atoms with van der Waals surface area (Å²) in [7, 11) is 0. The van der Waals surface area contributed by atoms with Crippen molar-refractivity contribution in [1.29, 1.82) is 0 Å². The minimum absolute atomic E-state index is 0.0354. The highest BCUT2D eigenvalue weighted by Gasteiger charge is 2.33. The van der Waals surface area contributed by atoms with Crippen molar-refractivity contribution in [2.75, 3.05) is 23.8 Å². The molecule has 0 aliphatic carbocycles. The van der Waals surface area contributed by atoms with Crippen LogP contribution in [0.25, 0.3) is 0 Å². The van der Waals surface area contributed by atoms with Crippen LogP contribution in [0, 0.1) is 0 Å². The van der Waals surface area contributed by atoms with Crippen LogP contribution in [-0.4, -0.2) is 35.1 Å². The molecule has 1 aliphatic heterocycles. The van der Waals surface area contributed by atoms with Crippen molar-refractivity contribution >= 4 is 17.5 Å². The van der Waals surface area contributed by atoms with Gasteiger partial charge in [0.1, 0.15) is 5.69 Å². The Hall–Kier alpha value is -2.68. The Bertz CT molecular complexity index is 777. The number of carbonyl (C=O) groups is 1. The molecule has 2 N–H and O–H groups in total. The summed E-state index contributed by atoms with van der Waals surface area (Å²) in [5, 5.41) is 5.23. The minimum atomic E-state index is -4.57. The van der Waals surface area contributed by atoms with E-state index in [-0.39, 0.29) is 23.4 Å². The lowest BCUT2D eigenvalue weighted by Gasteiger charge is -2.14. The molecule has 1 aromatic carbocycles. The number of amides is 1. The molecule has 0 spiro atoms. The van der Waals surface area contributed by atoms with Gasteiger partial charge in [-0.1, -0.05) is 12.1 Å². The number of ether oxygens (including phenoxy) is 1. The van der Waals surface area contributed by atoms with Crippen molar-refractivity contribution < 1.29 is 22.7 Å². The van der Waals surface area contributed by atoms with Gasteiger partial charge in [-0.3, -0.25) is 4.79 Å². The number of hydrogen-bond acceptors (Lipinski definition) is 5. The highest BCUT2D eigenvalue weighted by molar-refractivity contribution is 6.03. The Morgan fingerprint density at radius 2 is 2.08 bits per heavy atom. The van der Waals surface area contributed by atoms with Gasteiger partial charge in [-0.2, -0.15) is 13.2 Å². The number of carbonyl (C=O) groups excluding carboxylic acids is 1. The fraction of sp³-hybridized carbons (Fsp3) is 0.353. The smallest absolute Gasteiger partial charge is 0.376 e. The first-order valence-corrected chi connectivity index (χ1v) is 8.09. The van der Waals surface area contributed by atoms with Crippen molar-refractivity contribution in [1.82, 2.24) is 9.97 Å². The highest BCUT2D eigenvalue weighted by Crippen LogP contribution is 2.34. The monoisotopic (exact) mass is 366 g/mol. The average molecular weight is 366 g/mol. The van der Waals surface area contributed by atoms with Gasteiger partial charge in [-0.25, -0.2) is 9.97 Å². The Morgan fingerprint density at radius 3 is 2.81 bits per heavy atom. The third-order valence-corrected chi connectivity index (χ3v) is 3.88. The van der Waals surface area contributed by atoms with Gasteiger partial charge < -0.3 is 15.4 Å². The molecule has 1 saturated heterocycles. The van der Waals surface area contributed by atoms with Crippen LogP contribution >= 0.6 is 0 Å². The van der Waals surface area contributed by atoms with Gasteiger partial charge in [0.05, 0.1) is 17.4 Å². The molecule has 1 fully saturated rings. The van der Waals surface area contributed by atoms with Gasteiger partial charge in [0, 0.05) is 19.3 Å². The van der Waals surface area contributed by atoms with Crippen LogP contribution < -0.4 is 10.6 Å². The fourth-order valence-electron chi connectivity index (χ4n) is 2.61. The molecule has 1 aromatic heterocycles. The summed E-state index contributed by atoms with van der Waals surface area (Å²) < 4.78 is 44.5. The van der Waals surface area contributed by atoms with Gasteiger partial charge in [0.15, 0.2) is 0 Å². The molecule has 0 radical (unpaired) electrons. The van der Waals surface area contributed by atoms with Gasteiger partial charge in [-0.05, 0) is 31.0 Å². The summed E-state index contributed by atoms with van der Waals surface area (Å²) in [6, 6.07) is 6.11. The second-order valence-corrected chi connectivity index (χ2v) is 5.78. The van der Waals surface area contributed by atoms with E-state index >= 15 is 0 Å². The van der Waals surface area contributed by atoms with E-state index in [0.717, 1.165) is 18.9 Å². The number of nitrogens with zero attached hydrogens (tertiary/aromatic N) is 2. The third-order valence-electron chi connectivity index (χ3n) is 3.88. The molecule has 1 atom stereocenters. The van der Waals surface area contributed by atoms with Crippen LogP contribution in [0.5, 0.6) is 0 Å². The summed E-state index contributed by atoms with van der Waals surface area (Å²) in [5.74, 6) is -0.526. The summed E-state index contributed by atoms with van der Waals surface area (Å²) in [6.07, 6.45) is -1.20. The molecule has 9 heteroatoms. The van der Waals surface area contributed by atoms with Crippen LogP contribution in [0.15, 0.2) is 36.5 Å². The van der Waals surface area contributed by atoms with Crippen molar-refractivity contribution in [3.05, 3.63) is 47.8 Å². The van der Waals surface area contributed by atoms with E-state index in [4.69, 9.17) is 4.74 Å². The number of benzene rings is 1. The molecule has 2 aromatic rings. The van der Waals surface area contributed by atoms with Gasteiger partial charge in [0.2, 0.25) is 5.95 Å². The summed E-state index contributed by atoms with van der Waals surface area (Å²) in [5.41, 5.74) is -1.27. The molecule has 138 valence electrons. The Kier molecular flexibility index (Phi) is 5.36. The summed E-state index contributed by atoms with van der Waals surface area (Å²) in [6.45, 7) is 1.22. The minimum Gasteiger partial charge on any atom is -0.376 e. The molecular formula is C17H17F3N4O2. The number of para-hydroxylation sites is 1. The summed E-state index contributed by atoms with van der Waals surface area (Å²) in [4.78, 5) is 20.3. The molecule has 0 saturated carbocycles. The van der Waals surface area contributed by atoms with Crippen molar-refractivity contribution in [3.8, 4) is 0 Å². The molecule has 1 unspecified atom stereocenters. The fourth-order valence-corrected chi connectivity index (χ4v) is 2.61. The SMILES string of the molecule is O=C(Nc1ccccc1C(F)(F)F)c1ccnc(NCC2CCCO2)n1. The van der Waals surface area contributed by atoms with Crippen LogP contribution in [0.4, 0.5) is 24.8 Å². The topological polar surface area (TPSA) is 76.1 Å². The number of aromatic nitrogens is 2. The molecule has 6 nitrogen and oxygen atoms in total. The van der Waals surface area contributed by atoms with E-state index in [1.807, 2.05) is 0 Å². The van der Waals surface area contributed by atoms with E-state index in [2.05, 4.69) is 20.6 Å². The second kappa shape index (κ2) is 7.69. The first-order chi connectivity index (χ1) is 12.4. The summed E-state index contributed by atoms with van der Waals surface area (Å²) >= 11 is 0. The maximum absolute atomic E-state index is 13.0. The normalized spacial score (nSPS) is 17.1. The van der Waals surface area contributed by atoms with E-state index in [0.29, 0.717) is 13.2 Å². The standard InChI is InChI=1S/C17H17F3N4O2/c18-17(19,20)12-5-1-2-6-13(12)23-15(25)14-7-8-21-16(24-14)22-10-11-4-3-9-26-11/h1-2,5-8,11H,3-4,9-10H2,(H,23,25)(H,21,22,24). The molecule has 26 heavy (non-hydrogen) atoms. The van der Waals surface area contributed by atoms with Crippen LogP contribution in [-0.2, 0) is 10.9 Å². The lowest BCUT2D eigenvalue weighted by Crippen LogP contribution is -2.21. The second-order valence-electron chi connectivity index (χ2n) is 5.78. The zero-order valence-corrected chi connectivity index (χ0v) is 13.7. The molecular weight excluding hydrogens is 349 g/mol. The zero-order chi connectivity index (χ0) is 18.6. The third kappa shape index (κ3) is 4.48. The van der Waals surface area contributed by atoms with E-state index in [1.165, 1.54) is 30.5 Å². The number of rotatable bonds is 5. The first kappa shape index (κ1) is 18.1. The molecule has 3 rings (SSSR count).